The summed E-state index contributed by atoms with van der Waals surface area (Å²) >= 11 is 5.87. The van der Waals surface area contributed by atoms with Crippen molar-refractivity contribution in [3.63, 3.8) is 0 Å². The number of halogens is 1. The summed E-state index contributed by atoms with van der Waals surface area (Å²) in [6, 6.07) is 4.13. The van der Waals surface area contributed by atoms with Crippen molar-refractivity contribution in [1.29, 1.82) is 0 Å². The molecule has 9 heteroatoms. The average Bonchev–Trinajstić information content (AvgIpc) is 2.92. The number of methoxy groups -OCH3 is 1. The molecular formula is C16H20ClNO6S. The number of benzene rings is 1. The third-order valence-corrected chi connectivity index (χ3v) is 6.00. The van der Waals surface area contributed by atoms with Crippen LogP contribution in [0.5, 0.6) is 5.75 Å². The summed E-state index contributed by atoms with van der Waals surface area (Å²) in [5, 5.41) is 0.338. The number of hydrogen-bond donors (Lipinski definition) is 0. The number of esters is 1. The topological polar surface area (TPSA) is 90.0 Å². The summed E-state index contributed by atoms with van der Waals surface area (Å²) in [5.74, 6) is -0.860. The predicted octanol–water partition coefficient (Wildman–Crippen LogP) is 1.54. The van der Waals surface area contributed by atoms with Crippen molar-refractivity contribution in [2.45, 2.75) is 19.4 Å². The van der Waals surface area contributed by atoms with Crippen LogP contribution >= 0.6 is 11.6 Å². The smallest absolute Gasteiger partial charge is 0.342 e. The van der Waals surface area contributed by atoms with E-state index in [0.29, 0.717) is 18.0 Å². The number of ether oxygens (including phenoxy) is 2. The zero-order valence-electron chi connectivity index (χ0n) is 14.0. The van der Waals surface area contributed by atoms with Crippen molar-refractivity contribution in [1.82, 2.24) is 4.90 Å². The fraction of sp³-hybridized carbons (Fsp3) is 0.500. The van der Waals surface area contributed by atoms with Crippen molar-refractivity contribution in [3.05, 3.63) is 28.8 Å². The van der Waals surface area contributed by atoms with Crippen LogP contribution in [0, 0.1) is 0 Å². The van der Waals surface area contributed by atoms with Gasteiger partial charge in [0, 0.05) is 17.6 Å². The van der Waals surface area contributed by atoms with E-state index < -0.39 is 28.3 Å². The van der Waals surface area contributed by atoms with E-state index >= 15 is 0 Å². The van der Waals surface area contributed by atoms with Crippen LogP contribution < -0.4 is 4.74 Å². The van der Waals surface area contributed by atoms with Gasteiger partial charge in [-0.05, 0) is 31.5 Å². The van der Waals surface area contributed by atoms with Crippen LogP contribution in [0.1, 0.15) is 23.7 Å². The van der Waals surface area contributed by atoms with Crippen molar-refractivity contribution in [2.24, 2.45) is 0 Å². The highest BCUT2D eigenvalue weighted by atomic mass is 35.5. The summed E-state index contributed by atoms with van der Waals surface area (Å²) < 4.78 is 33.3. The van der Waals surface area contributed by atoms with Gasteiger partial charge in [0.2, 0.25) is 0 Å². The fourth-order valence-electron chi connectivity index (χ4n) is 2.79. The van der Waals surface area contributed by atoms with E-state index in [2.05, 4.69) is 0 Å². The van der Waals surface area contributed by atoms with Gasteiger partial charge in [-0.2, -0.15) is 0 Å². The molecule has 1 aliphatic rings. The highest BCUT2D eigenvalue weighted by Crippen LogP contribution is 2.23. The van der Waals surface area contributed by atoms with E-state index in [-0.39, 0.29) is 28.9 Å². The molecule has 0 unspecified atom stereocenters. The lowest BCUT2D eigenvalue weighted by Gasteiger charge is -2.26. The molecule has 0 radical (unpaired) electrons. The maximum atomic E-state index is 12.3. The minimum atomic E-state index is -3.10. The van der Waals surface area contributed by atoms with E-state index in [0.717, 1.165) is 0 Å². The fourth-order valence-corrected chi connectivity index (χ4v) is 4.69. The maximum Gasteiger partial charge on any atom is 0.342 e. The van der Waals surface area contributed by atoms with Gasteiger partial charge < -0.3 is 14.4 Å². The van der Waals surface area contributed by atoms with Crippen LogP contribution in [0.15, 0.2) is 18.2 Å². The van der Waals surface area contributed by atoms with E-state index in [1.165, 1.54) is 24.1 Å². The summed E-state index contributed by atoms with van der Waals surface area (Å²) in [5.41, 5.74) is 0.120. The monoisotopic (exact) mass is 389 g/mol. The molecule has 1 atom stereocenters. The molecule has 0 N–H and O–H groups in total. The molecule has 1 amide bonds. The Bertz CT molecular complexity index is 764. The van der Waals surface area contributed by atoms with Crippen molar-refractivity contribution in [2.75, 3.05) is 31.8 Å². The first-order valence-electron chi connectivity index (χ1n) is 7.78. The Morgan fingerprint density at radius 2 is 2.08 bits per heavy atom. The van der Waals surface area contributed by atoms with Crippen LogP contribution in [0.25, 0.3) is 0 Å². The Labute approximate surface area is 151 Å². The number of carbonyl (C=O) groups excluding carboxylic acids is 2. The SMILES string of the molecule is CCN(C(=O)COC(=O)c1cc(Cl)ccc1OC)[C@H]1CCS(=O)(=O)C1. The summed E-state index contributed by atoms with van der Waals surface area (Å²) in [7, 11) is -1.70. The van der Waals surface area contributed by atoms with Gasteiger partial charge in [-0.3, -0.25) is 4.79 Å². The first kappa shape index (κ1) is 19.5. The molecule has 1 aromatic carbocycles. The maximum absolute atomic E-state index is 12.3. The molecule has 7 nitrogen and oxygen atoms in total. The van der Waals surface area contributed by atoms with Crippen LogP contribution in [0.3, 0.4) is 0 Å². The van der Waals surface area contributed by atoms with Gasteiger partial charge in [-0.25, -0.2) is 13.2 Å². The lowest BCUT2D eigenvalue weighted by Crippen LogP contribution is -2.43. The molecule has 0 aliphatic carbocycles. The number of likely N-dealkylation sites (N-methyl/N-ethyl adjacent to an activating group) is 1. The van der Waals surface area contributed by atoms with Crippen LogP contribution in [-0.4, -0.2) is 63.0 Å². The minimum absolute atomic E-state index is 0.0529. The van der Waals surface area contributed by atoms with Gasteiger partial charge in [0.15, 0.2) is 16.4 Å². The third-order valence-electron chi connectivity index (χ3n) is 4.02. The van der Waals surface area contributed by atoms with Gasteiger partial charge >= 0.3 is 5.97 Å². The molecule has 1 aliphatic heterocycles. The summed E-state index contributed by atoms with van der Waals surface area (Å²) in [6.07, 6.45) is 0.401. The van der Waals surface area contributed by atoms with Crippen molar-refractivity contribution in [3.8, 4) is 5.75 Å². The molecular weight excluding hydrogens is 370 g/mol. The largest absolute Gasteiger partial charge is 0.496 e. The molecule has 0 aromatic heterocycles. The van der Waals surface area contributed by atoms with Crippen LogP contribution in [0.4, 0.5) is 0 Å². The number of rotatable bonds is 6. The quantitative estimate of drug-likeness (QED) is 0.685. The van der Waals surface area contributed by atoms with E-state index in [9.17, 15) is 18.0 Å². The standard InChI is InChI=1S/C16H20ClNO6S/c1-3-18(12-6-7-25(21,22)10-12)15(19)9-24-16(20)13-8-11(17)4-5-14(13)23-2/h4-5,8,12H,3,6-7,9-10H2,1-2H3/t12-/m0/s1. The number of nitrogens with zero attached hydrogens (tertiary/aromatic N) is 1. The second-order valence-electron chi connectivity index (χ2n) is 5.66. The minimum Gasteiger partial charge on any atom is -0.496 e. The molecule has 1 aromatic rings. The van der Waals surface area contributed by atoms with Crippen molar-refractivity contribution < 1.29 is 27.5 Å². The Kier molecular flexibility index (Phi) is 6.29. The van der Waals surface area contributed by atoms with Gasteiger partial charge in [-0.15, -0.1) is 0 Å². The first-order valence-corrected chi connectivity index (χ1v) is 9.98. The summed E-state index contributed by atoms with van der Waals surface area (Å²) in [6.45, 7) is 1.63. The Hall–Kier alpha value is -1.80. The van der Waals surface area contributed by atoms with E-state index in [4.69, 9.17) is 21.1 Å². The zero-order valence-corrected chi connectivity index (χ0v) is 15.6. The second kappa shape index (κ2) is 8.05. The molecule has 2 rings (SSSR count). The first-order chi connectivity index (χ1) is 11.8. The number of hydrogen-bond acceptors (Lipinski definition) is 6. The zero-order chi connectivity index (χ0) is 18.6. The average molecular weight is 390 g/mol. The van der Waals surface area contributed by atoms with Gasteiger partial charge in [0.05, 0.1) is 18.6 Å². The molecule has 1 heterocycles. The molecule has 0 spiro atoms. The number of sulfone groups is 1. The van der Waals surface area contributed by atoms with Crippen LogP contribution in [0.2, 0.25) is 5.02 Å². The van der Waals surface area contributed by atoms with E-state index in [1.807, 2.05) is 0 Å². The highest BCUT2D eigenvalue weighted by Gasteiger charge is 2.34. The van der Waals surface area contributed by atoms with E-state index in [1.54, 1.807) is 13.0 Å². The number of amides is 1. The molecule has 0 saturated carbocycles. The molecule has 1 fully saturated rings. The number of carbonyl (C=O) groups is 2. The van der Waals surface area contributed by atoms with Crippen LogP contribution in [-0.2, 0) is 19.4 Å². The Morgan fingerprint density at radius 1 is 1.36 bits per heavy atom. The Morgan fingerprint density at radius 3 is 2.64 bits per heavy atom. The highest BCUT2D eigenvalue weighted by molar-refractivity contribution is 7.91. The van der Waals surface area contributed by atoms with Gasteiger partial charge in [0.25, 0.3) is 5.91 Å². The molecule has 0 bridgehead atoms. The molecule has 138 valence electrons. The molecule has 25 heavy (non-hydrogen) atoms. The molecule has 1 saturated heterocycles. The third kappa shape index (κ3) is 4.85. The predicted molar refractivity (Wildman–Crippen MR) is 92.7 cm³/mol. The summed E-state index contributed by atoms with van der Waals surface area (Å²) in [4.78, 5) is 26.0. The van der Waals surface area contributed by atoms with Gasteiger partial charge in [-0.1, -0.05) is 11.6 Å². The lowest BCUT2D eigenvalue weighted by atomic mass is 10.2. The normalized spacial score (nSPS) is 18.6. The Balaban J connectivity index is 2.01. The lowest BCUT2D eigenvalue weighted by molar-refractivity contribution is -0.136. The second-order valence-corrected chi connectivity index (χ2v) is 8.32. The van der Waals surface area contributed by atoms with Gasteiger partial charge in [0.1, 0.15) is 11.3 Å². The van der Waals surface area contributed by atoms with Crippen molar-refractivity contribution >= 4 is 33.3 Å².